The van der Waals surface area contributed by atoms with Crippen LogP contribution in [0.25, 0.3) is 0 Å². The number of ether oxygens (including phenoxy) is 1. The Balaban J connectivity index is 2.89. The Labute approximate surface area is 166 Å². The number of nitrogens with one attached hydrogen (secondary N) is 2. The second kappa shape index (κ2) is 13.3. The molecule has 0 fully saturated rings. The second-order valence-corrected chi connectivity index (χ2v) is 9.19. The maximum Gasteiger partial charge on any atom is 0.329 e. The van der Waals surface area contributed by atoms with Crippen molar-refractivity contribution in [1.29, 1.82) is 0 Å². The monoisotopic (exact) mass is 422 g/mol. The van der Waals surface area contributed by atoms with Crippen LogP contribution in [-0.4, -0.2) is 71.7 Å². The zero-order valence-electron chi connectivity index (χ0n) is 14.9. The van der Waals surface area contributed by atoms with Gasteiger partial charge >= 0.3 is 5.97 Å². The average Bonchev–Trinajstić information content (AvgIpc) is 2.61. The summed E-state index contributed by atoms with van der Waals surface area (Å²) in [5.74, 6) is 0.497. The lowest BCUT2D eigenvalue weighted by Gasteiger charge is -2.22. The molecule has 148 valence electrons. The van der Waals surface area contributed by atoms with Gasteiger partial charge in [0, 0.05) is 11.5 Å². The van der Waals surface area contributed by atoms with Gasteiger partial charge in [-0.2, -0.15) is 11.8 Å². The van der Waals surface area contributed by atoms with Crippen LogP contribution < -0.4 is 10.6 Å². The molecular weight excluding hydrogens is 396 g/mol. The van der Waals surface area contributed by atoms with Gasteiger partial charge in [0.1, 0.15) is 12.1 Å². The van der Waals surface area contributed by atoms with E-state index in [9.17, 15) is 19.5 Å². The van der Waals surface area contributed by atoms with E-state index in [1.54, 1.807) is 28.6 Å². The molecule has 0 bridgehead atoms. The van der Waals surface area contributed by atoms with Gasteiger partial charge in [0.15, 0.2) is 0 Å². The highest BCUT2D eigenvalue weighted by molar-refractivity contribution is 8.76. The van der Waals surface area contributed by atoms with Gasteiger partial charge in [-0.3, -0.25) is 9.59 Å². The standard InChI is InChI=1S/C16H26N2O5S3/c1-23-16(22)13-10-26-25-7-4-3-5-11(19)9-14(20)17-12(6-8-24-2)15(21)18-13/h3,5,11-13,19H,4,6-10H2,1-2H3,(H,17,20)(H,18,21)/b5-3+/t11?,12-,13-/m1/s1. The molecule has 0 aliphatic carbocycles. The minimum absolute atomic E-state index is 0.109. The maximum absolute atomic E-state index is 12.6. The van der Waals surface area contributed by atoms with Crippen LogP contribution >= 0.6 is 33.3 Å². The van der Waals surface area contributed by atoms with E-state index in [0.29, 0.717) is 17.9 Å². The first-order valence-corrected chi connectivity index (χ1v) is 12.1. The highest BCUT2D eigenvalue weighted by Crippen LogP contribution is 2.23. The van der Waals surface area contributed by atoms with Gasteiger partial charge in [-0.05, 0) is 24.9 Å². The van der Waals surface area contributed by atoms with Crippen molar-refractivity contribution in [1.82, 2.24) is 10.6 Å². The fourth-order valence-electron chi connectivity index (χ4n) is 2.14. The third-order valence-corrected chi connectivity index (χ3v) is 6.59. The summed E-state index contributed by atoms with van der Waals surface area (Å²) in [7, 11) is 4.32. The number of carbonyl (C=O) groups excluding carboxylic acids is 3. The van der Waals surface area contributed by atoms with E-state index in [1.807, 2.05) is 12.3 Å². The van der Waals surface area contributed by atoms with Crippen LogP contribution in [0.3, 0.4) is 0 Å². The number of hydrogen-bond donors (Lipinski definition) is 3. The number of aliphatic hydroxyl groups is 1. The van der Waals surface area contributed by atoms with Crippen molar-refractivity contribution in [3.8, 4) is 0 Å². The lowest BCUT2D eigenvalue weighted by atomic mass is 10.1. The summed E-state index contributed by atoms with van der Waals surface area (Å²) in [6, 6.07) is -1.54. The van der Waals surface area contributed by atoms with Crippen LogP contribution in [0.15, 0.2) is 12.2 Å². The number of amides is 2. The van der Waals surface area contributed by atoms with Crippen LogP contribution in [0.2, 0.25) is 0 Å². The topological polar surface area (TPSA) is 105 Å². The van der Waals surface area contributed by atoms with Crippen molar-refractivity contribution in [3.05, 3.63) is 12.2 Å². The Morgan fingerprint density at radius 3 is 2.85 bits per heavy atom. The first-order valence-electron chi connectivity index (χ1n) is 8.23. The van der Waals surface area contributed by atoms with Crippen LogP contribution in [0.1, 0.15) is 19.3 Å². The molecule has 3 atom stereocenters. The van der Waals surface area contributed by atoms with Crippen molar-refractivity contribution in [2.45, 2.75) is 37.5 Å². The quantitative estimate of drug-likeness (QED) is 0.350. The summed E-state index contributed by atoms with van der Waals surface area (Å²) < 4.78 is 4.77. The summed E-state index contributed by atoms with van der Waals surface area (Å²) >= 11 is 1.56. The molecule has 0 radical (unpaired) electrons. The van der Waals surface area contributed by atoms with Crippen LogP contribution in [0.4, 0.5) is 0 Å². The van der Waals surface area contributed by atoms with Gasteiger partial charge in [-0.1, -0.05) is 33.7 Å². The van der Waals surface area contributed by atoms with Crippen LogP contribution in [0.5, 0.6) is 0 Å². The molecule has 1 rings (SSSR count). The van der Waals surface area contributed by atoms with Crippen molar-refractivity contribution >= 4 is 51.1 Å². The molecule has 26 heavy (non-hydrogen) atoms. The predicted octanol–water partition coefficient (Wildman–Crippen LogP) is 0.974. The lowest BCUT2D eigenvalue weighted by Crippen LogP contribution is -2.53. The van der Waals surface area contributed by atoms with Crippen molar-refractivity contribution in [2.75, 3.05) is 30.6 Å². The lowest BCUT2D eigenvalue weighted by molar-refractivity contribution is -0.144. The summed E-state index contributed by atoms with van der Waals surface area (Å²) in [5.41, 5.74) is 0. The zero-order chi connectivity index (χ0) is 19.4. The Morgan fingerprint density at radius 1 is 1.38 bits per heavy atom. The fourth-order valence-corrected chi connectivity index (χ4v) is 4.76. The van der Waals surface area contributed by atoms with Gasteiger partial charge in [0.25, 0.3) is 0 Å². The molecule has 1 aliphatic heterocycles. The Hall–Kier alpha value is -0.840. The second-order valence-electron chi connectivity index (χ2n) is 5.58. The normalized spacial score (nSPS) is 27.4. The summed E-state index contributed by atoms with van der Waals surface area (Å²) in [5, 5.41) is 15.2. The number of hydrogen-bond acceptors (Lipinski definition) is 8. The van der Waals surface area contributed by atoms with Crippen LogP contribution in [0, 0.1) is 0 Å². The summed E-state index contributed by atoms with van der Waals surface area (Å²) in [4.78, 5) is 36.7. The first kappa shape index (κ1) is 23.2. The fraction of sp³-hybridized carbons (Fsp3) is 0.688. The van der Waals surface area contributed by atoms with Gasteiger partial charge in [-0.15, -0.1) is 0 Å². The minimum atomic E-state index is -0.884. The van der Waals surface area contributed by atoms with Gasteiger partial charge < -0.3 is 20.5 Å². The molecule has 0 spiro atoms. The highest BCUT2D eigenvalue weighted by atomic mass is 33.1. The summed E-state index contributed by atoms with van der Waals surface area (Å²) in [6.45, 7) is 0. The molecule has 0 saturated heterocycles. The molecular formula is C16H26N2O5S3. The number of rotatable bonds is 4. The molecule has 3 N–H and O–H groups in total. The molecule has 1 unspecified atom stereocenters. The molecule has 7 nitrogen and oxygen atoms in total. The molecule has 0 aromatic heterocycles. The van der Waals surface area contributed by atoms with E-state index in [1.165, 1.54) is 17.9 Å². The molecule has 1 heterocycles. The van der Waals surface area contributed by atoms with E-state index in [2.05, 4.69) is 10.6 Å². The van der Waals surface area contributed by atoms with E-state index in [4.69, 9.17) is 4.74 Å². The molecule has 0 saturated carbocycles. The number of methoxy groups -OCH3 is 1. The first-order chi connectivity index (χ1) is 12.5. The Bertz CT molecular complexity index is 504. The van der Waals surface area contributed by atoms with Gasteiger partial charge in [-0.25, -0.2) is 4.79 Å². The van der Waals surface area contributed by atoms with Crippen LogP contribution in [-0.2, 0) is 19.1 Å². The zero-order valence-corrected chi connectivity index (χ0v) is 17.4. The van der Waals surface area contributed by atoms with Crippen molar-refractivity contribution < 1.29 is 24.2 Å². The largest absolute Gasteiger partial charge is 0.467 e. The number of allylic oxidation sites excluding steroid dienone is 1. The molecule has 2 amide bonds. The minimum Gasteiger partial charge on any atom is -0.467 e. The molecule has 1 aliphatic rings. The van der Waals surface area contributed by atoms with E-state index >= 15 is 0 Å². The van der Waals surface area contributed by atoms with E-state index in [0.717, 1.165) is 12.2 Å². The summed E-state index contributed by atoms with van der Waals surface area (Å²) in [6.07, 6.45) is 5.51. The molecule has 0 aromatic carbocycles. The third-order valence-electron chi connectivity index (χ3n) is 3.50. The smallest absolute Gasteiger partial charge is 0.329 e. The third kappa shape index (κ3) is 9.20. The number of carbonyl (C=O) groups is 3. The predicted molar refractivity (Wildman–Crippen MR) is 108 cm³/mol. The van der Waals surface area contributed by atoms with E-state index in [-0.39, 0.29) is 6.42 Å². The molecule has 10 heteroatoms. The SMILES string of the molecule is COC(=O)[C@H]1CSSCC/C=C/C(O)CC(=O)N[C@H](CCSC)C(=O)N1. The number of thioether (sulfide) groups is 1. The number of esters is 1. The van der Waals surface area contributed by atoms with Gasteiger partial charge in [0.2, 0.25) is 11.8 Å². The Morgan fingerprint density at radius 2 is 2.15 bits per heavy atom. The van der Waals surface area contributed by atoms with E-state index < -0.39 is 36.0 Å². The molecule has 0 aromatic rings. The van der Waals surface area contributed by atoms with Gasteiger partial charge in [0.05, 0.1) is 19.6 Å². The van der Waals surface area contributed by atoms with Crippen molar-refractivity contribution in [3.63, 3.8) is 0 Å². The highest BCUT2D eigenvalue weighted by Gasteiger charge is 2.27. The number of aliphatic hydroxyl groups excluding tert-OH is 1. The maximum atomic E-state index is 12.6. The average molecular weight is 423 g/mol. The Kier molecular flexibility index (Phi) is 11.9. The van der Waals surface area contributed by atoms with Crippen molar-refractivity contribution in [2.24, 2.45) is 0 Å².